The first-order chi connectivity index (χ1) is 12.2. The number of benzene rings is 3. The molecular formula is C19H17N3O3. The summed E-state index contributed by atoms with van der Waals surface area (Å²) < 4.78 is 0. The Labute approximate surface area is 144 Å². The zero-order chi connectivity index (χ0) is 17.6. The molecule has 25 heavy (non-hydrogen) atoms. The minimum atomic E-state index is -0.434. The van der Waals surface area contributed by atoms with Gasteiger partial charge in [-0.25, -0.2) is 0 Å². The molecular weight excluding hydrogens is 318 g/mol. The second kappa shape index (κ2) is 7.44. The average molecular weight is 335 g/mol. The van der Waals surface area contributed by atoms with Gasteiger partial charge in [0, 0.05) is 24.7 Å². The number of nitro benzene ring substituents is 1. The highest BCUT2D eigenvalue weighted by Gasteiger charge is 2.12. The van der Waals surface area contributed by atoms with Crippen LogP contribution in [0.4, 0.5) is 11.4 Å². The van der Waals surface area contributed by atoms with Crippen LogP contribution in [-0.4, -0.2) is 23.9 Å². The second-order valence-corrected chi connectivity index (χ2v) is 5.48. The Balaban J connectivity index is 1.61. The van der Waals surface area contributed by atoms with Crippen molar-refractivity contribution in [3.05, 3.63) is 82.4 Å². The maximum Gasteiger partial charge on any atom is 0.292 e. The lowest BCUT2D eigenvalue weighted by molar-refractivity contribution is -0.384. The summed E-state index contributed by atoms with van der Waals surface area (Å²) in [6.07, 6.45) is 0. The molecule has 2 N–H and O–H groups in total. The molecule has 126 valence electrons. The van der Waals surface area contributed by atoms with E-state index in [4.69, 9.17) is 0 Å². The largest absolute Gasteiger partial charge is 0.378 e. The van der Waals surface area contributed by atoms with Crippen molar-refractivity contribution < 1.29 is 9.72 Å². The molecule has 0 aromatic heterocycles. The zero-order valence-electron chi connectivity index (χ0n) is 13.4. The van der Waals surface area contributed by atoms with Crippen LogP contribution in [0.2, 0.25) is 0 Å². The second-order valence-electron chi connectivity index (χ2n) is 5.48. The molecule has 3 aromatic carbocycles. The van der Waals surface area contributed by atoms with Gasteiger partial charge in [0.25, 0.3) is 11.6 Å². The van der Waals surface area contributed by atoms with Crippen molar-refractivity contribution in [1.29, 1.82) is 0 Å². The number of nitrogens with one attached hydrogen (secondary N) is 2. The molecule has 6 nitrogen and oxygen atoms in total. The molecule has 0 bridgehead atoms. The van der Waals surface area contributed by atoms with Crippen LogP contribution in [0.15, 0.2) is 66.7 Å². The Morgan fingerprint density at radius 1 is 0.920 bits per heavy atom. The minimum Gasteiger partial charge on any atom is -0.378 e. The fraction of sp³-hybridized carbons (Fsp3) is 0.105. The van der Waals surface area contributed by atoms with Crippen molar-refractivity contribution in [2.24, 2.45) is 0 Å². The van der Waals surface area contributed by atoms with E-state index in [-0.39, 0.29) is 11.6 Å². The summed E-state index contributed by atoms with van der Waals surface area (Å²) in [4.78, 5) is 22.9. The Kier molecular flexibility index (Phi) is 4.89. The number of nitrogens with zero attached hydrogens (tertiary/aromatic N) is 1. The molecule has 6 heteroatoms. The molecule has 0 atom stereocenters. The summed E-state index contributed by atoms with van der Waals surface area (Å²) in [6.45, 7) is 0.745. The van der Waals surface area contributed by atoms with Gasteiger partial charge in [0.15, 0.2) is 0 Å². The predicted octanol–water partition coefficient (Wildman–Crippen LogP) is 3.59. The Morgan fingerprint density at radius 3 is 2.48 bits per heavy atom. The van der Waals surface area contributed by atoms with Gasteiger partial charge in [0.2, 0.25) is 0 Å². The number of para-hydroxylation sites is 2. The normalized spacial score (nSPS) is 10.4. The number of carbonyl (C=O) groups excluding carboxylic acids is 1. The molecule has 0 aliphatic rings. The number of fused-ring (bicyclic) bond motifs is 1. The third kappa shape index (κ3) is 3.74. The monoisotopic (exact) mass is 335 g/mol. The van der Waals surface area contributed by atoms with Crippen molar-refractivity contribution in [2.45, 2.75) is 0 Å². The maximum atomic E-state index is 12.4. The smallest absolute Gasteiger partial charge is 0.292 e. The third-order valence-electron chi connectivity index (χ3n) is 3.86. The highest BCUT2D eigenvalue weighted by atomic mass is 16.6. The molecule has 3 rings (SSSR count). The number of hydrogen-bond acceptors (Lipinski definition) is 4. The predicted molar refractivity (Wildman–Crippen MR) is 97.9 cm³/mol. The fourth-order valence-electron chi connectivity index (χ4n) is 2.67. The molecule has 0 radical (unpaired) electrons. The first-order valence-electron chi connectivity index (χ1n) is 7.90. The van der Waals surface area contributed by atoms with Crippen LogP contribution in [0.25, 0.3) is 10.8 Å². The van der Waals surface area contributed by atoms with Crippen molar-refractivity contribution in [3.8, 4) is 0 Å². The van der Waals surface area contributed by atoms with E-state index < -0.39 is 4.92 Å². The molecule has 0 heterocycles. The SMILES string of the molecule is O=C(NCCNc1ccccc1[N+](=O)[O-])c1cccc2ccccc12. The van der Waals surface area contributed by atoms with Crippen LogP contribution in [0.3, 0.4) is 0 Å². The summed E-state index contributed by atoms with van der Waals surface area (Å²) in [6, 6.07) is 19.7. The van der Waals surface area contributed by atoms with Crippen LogP contribution in [0.5, 0.6) is 0 Å². The van der Waals surface area contributed by atoms with Gasteiger partial charge in [-0.1, -0.05) is 48.5 Å². The van der Waals surface area contributed by atoms with E-state index in [9.17, 15) is 14.9 Å². The average Bonchev–Trinajstić information content (AvgIpc) is 2.64. The molecule has 1 amide bonds. The summed E-state index contributed by atoms with van der Waals surface area (Å²) in [5.41, 5.74) is 1.07. The van der Waals surface area contributed by atoms with E-state index in [0.717, 1.165) is 10.8 Å². The molecule has 0 saturated carbocycles. The Morgan fingerprint density at radius 2 is 1.64 bits per heavy atom. The van der Waals surface area contributed by atoms with E-state index in [1.165, 1.54) is 6.07 Å². The van der Waals surface area contributed by atoms with E-state index >= 15 is 0 Å². The van der Waals surface area contributed by atoms with E-state index in [0.29, 0.717) is 24.3 Å². The van der Waals surface area contributed by atoms with Crippen LogP contribution in [-0.2, 0) is 0 Å². The molecule has 3 aromatic rings. The van der Waals surface area contributed by atoms with Gasteiger partial charge < -0.3 is 10.6 Å². The molecule has 0 fully saturated rings. The molecule has 0 saturated heterocycles. The first kappa shape index (κ1) is 16.4. The lowest BCUT2D eigenvalue weighted by Gasteiger charge is -2.10. The Hall–Kier alpha value is -3.41. The number of carbonyl (C=O) groups is 1. The van der Waals surface area contributed by atoms with E-state index in [2.05, 4.69) is 10.6 Å². The lowest BCUT2D eigenvalue weighted by Crippen LogP contribution is -2.29. The van der Waals surface area contributed by atoms with Crippen molar-refractivity contribution >= 4 is 28.1 Å². The zero-order valence-corrected chi connectivity index (χ0v) is 13.4. The summed E-state index contributed by atoms with van der Waals surface area (Å²) in [5.74, 6) is -0.166. The quantitative estimate of drug-likeness (QED) is 0.409. The molecule has 0 spiro atoms. The highest BCUT2D eigenvalue weighted by Crippen LogP contribution is 2.22. The van der Waals surface area contributed by atoms with Gasteiger partial charge in [-0.05, 0) is 22.9 Å². The number of anilines is 1. The van der Waals surface area contributed by atoms with Gasteiger partial charge in [0.05, 0.1) is 4.92 Å². The van der Waals surface area contributed by atoms with Crippen LogP contribution < -0.4 is 10.6 Å². The van der Waals surface area contributed by atoms with Gasteiger partial charge in [-0.3, -0.25) is 14.9 Å². The lowest BCUT2D eigenvalue weighted by atomic mass is 10.0. The van der Waals surface area contributed by atoms with Gasteiger partial charge in [0.1, 0.15) is 5.69 Å². The number of hydrogen-bond donors (Lipinski definition) is 2. The van der Waals surface area contributed by atoms with Crippen molar-refractivity contribution in [3.63, 3.8) is 0 Å². The highest BCUT2D eigenvalue weighted by molar-refractivity contribution is 6.07. The third-order valence-corrected chi connectivity index (χ3v) is 3.86. The molecule has 0 aliphatic heterocycles. The van der Waals surface area contributed by atoms with Crippen LogP contribution >= 0.6 is 0 Å². The standard InChI is InChI=1S/C19H17N3O3/c23-19(16-9-5-7-14-6-1-2-8-15(14)16)21-13-12-20-17-10-3-4-11-18(17)22(24)25/h1-11,20H,12-13H2,(H,21,23). The molecule has 0 aliphatic carbocycles. The van der Waals surface area contributed by atoms with Crippen LogP contribution in [0, 0.1) is 10.1 Å². The maximum absolute atomic E-state index is 12.4. The first-order valence-corrected chi connectivity index (χ1v) is 7.90. The summed E-state index contributed by atoms with van der Waals surface area (Å²) >= 11 is 0. The van der Waals surface area contributed by atoms with Gasteiger partial charge >= 0.3 is 0 Å². The topological polar surface area (TPSA) is 84.3 Å². The summed E-state index contributed by atoms with van der Waals surface area (Å²) in [5, 5.41) is 18.7. The van der Waals surface area contributed by atoms with Crippen molar-refractivity contribution in [1.82, 2.24) is 5.32 Å². The Bertz CT molecular complexity index is 919. The van der Waals surface area contributed by atoms with Gasteiger partial charge in [-0.2, -0.15) is 0 Å². The molecule has 0 unspecified atom stereocenters. The van der Waals surface area contributed by atoms with Crippen LogP contribution in [0.1, 0.15) is 10.4 Å². The van der Waals surface area contributed by atoms with E-state index in [1.807, 2.05) is 36.4 Å². The van der Waals surface area contributed by atoms with Gasteiger partial charge in [-0.15, -0.1) is 0 Å². The fourth-order valence-corrected chi connectivity index (χ4v) is 2.67. The summed E-state index contributed by atoms with van der Waals surface area (Å²) in [7, 11) is 0. The minimum absolute atomic E-state index is 0.0166. The number of nitro groups is 1. The van der Waals surface area contributed by atoms with Crippen molar-refractivity contribution in [2.75, 3.05) is 18.4 Å². The number of rotatable bonds is 6. The number of amides is 1. The van der Waals surface area contributed by atoms with E-state index in [1.54, 1.807) is 24.3 Å².